The molecule has 2 aromatic carbocycles. The minimum Gasteiger partial charge on any atom is -0.356 e. The number of aryl methyl sites for hydroxylation is 2. The van der Waals surface area contributed by atoms with Gasteiger partial charge in [-0.05, 0) is 50.6 Å². The maximum atomic E-state index is 14.6. The third-order valence-corrected chi connectivity index (χ3v) is 7.77. The number of methoxy groups -OCH3 is 1. The first-order valence-electron chi connectivity index (χ1n) is 11.9. The van der Waals surface area contributed by atoms with Crippen molar-refractivity contribution in [1.82, 2.24) is 10.2 Å². The van der Waals surface area contributed by atoms with E-state index in [-0.39, 0.29) is 30.0 Å². The number of ether oxygens (including phenoxy) is 1. The van der Waals surface area contributed by atoms with Gasteiger partial charge >= 0.3 is 6.18 Å². The quantitative estimate of drug-likeness (QED) is 0.671. The van der Waals surface area contributed by atoms with Gasteiger partial charge in [-0.15, -0.1) is 0 Å². The van der Waals surface area contributed by atoms with Gasteiger partial charge in [0.2, 0.25) is 0 Å². The molecule has 0 radical (unpaired) electrons. The SMILES string of the molecule is COC(C(=O)N1CCC2(CCNC[C@@H]2c2ccccc2)CC1)(c1cc(C)cc(C)c1)C(F)(F)F. The number of likely N-dealkylation sites (tertiary alicyclic amines) is 1. The van der Waals surface area contributed by atoms with Crippen LogP contribution in [0.4, 0.5) is 13.2 Å². The summed E-state index contributed by atoms with van der Waals surface area (Å²) in [5.41, 5.74) is -0.642. The Bertz CT molecular complexity index is 996. The van der Waals surface area contributed by atoms with Crippen molar-refractivity contribution in [2.75, 3.05) is 33.3 Å². The van der Waals surface area contributed by atoms with Crippen LogP contribution >= 0.6 is 0 Å². The molecule has 34 heavy (non-hydrogen) atoms. The van der Waals surface area contributed by atoms with Crippen molar-refractivity contribution in [2.24, 2.45) is 5.41 Å². The summed E-state index contributed by atoms with van der Waals surface area (Å²) in [7, 11) is 0.979. The maximum absolute atomic E-state index is 14.6. The molecule has 2 fully saturated rings. The molecule has 4 nitrogen and oxygen atoms in total. The van der Waals surface area contributed by atoms with Gasteiger partial charge < -0.3 is 15.0 Å². The van der Waals surface area contributed by atoms with Crippen LogP contribution in [0.15, 0.2) is 48.5 Å². The standard InChI is InChI=1S/C27H33F3N2O2/c1-19-15-20(2)17-22(16-19)26(34-3,27(28,29)30)24(33)32-13-10-25(11-14-32)9-12-31-18-23(25)21-7-5-4-6-8-21/h4-8,15-17,23,31H,9-14,18H2,1-3H3/t23-,26?/m1/s1. The molecule has 0 bridgehead atoms. The highest BCUT2D eigenvalue weighted by Gasteiger charge is 2.64. The first-order chi connectivity index (χ1) is 16.1. The van der Waals surface area contributed by atoms with Crippen molar-refractivity contribution in [2.45, 2.75) is 50.8 Å². The summed E-state index contributed by atoms with van der Waals surface area (Å²) >= 11 is 0. The molecular weight excluding hydrogens is 441 g/mol. The Labute approximate surface area is 199 Å². The fraction of sp³-hybridized carbons (Fsp3) is 0.519. The number of carbonyl (C=O) groups is 1. The summed E-state index contributed by atoms with van der Waals surface area (Å²) in [6.45, 7) is 5.74. The van der Waals surface area contributed by atoms with Crippen molar-refractivity contribution in [1.29, 1.82) is 0 Å². The van der Waals surface area contributed by atoms with Crippen LogP contribution in [0.1, 0.15) is 47.4 Å². The summed E-state index contributed by atoms with van der Waals surface area (Å²) in [5.74, 6) is -0.749. The molecule has 0 saturated carbocycles. The number of nitrogens with one attached hydrogen (secondary N) is 1. The number of piperidine rings is 2. The van der Waals surface area contributed by atoms with Gasteiger partial charge in [-0.3, -0.25) is 4.79 Å². The number of hydrogen-bond acceptors (Lipinski definition) is 3. The average Bonchev–Trinajstić information content (AvgIpc) is 2.80. The first-order valence-corrected chi connectivity index (χ1v) is 11.9. The highest BCUT2D eigenvalue weighted by atomic mass is 19.4. The van der Waals surface area contributed by atoms with E-state index in [0.717, 1.165) is 26.6 Å². The number of amides is 1. The molecule has 2 heterocycles. The third-order valence-electron chi connectivity index (χ3n) is 7.77. The minimum atomic E-state index is -4.89. The van der Waals surface area contributed by atoms with E-state index in [4.69, 9.17) is 4.74 Å². The average molecular weight is 475 g/mol. The van der Waals surface area contributed by atoms with Crippen LogP contribution in [0.25, 0.3) is 0 Å². The topological polar surface area (TPSA) is 41.6 Å². The second-order valence-corrected chi connectivity index (χ2v) is 9.83. The number of halogens is 3. The summed E-state index contributed by atoms with van der Waals surface area (Å²) in [6, 6.07) is 14.9. The van der Waals surface area contributed by atoms with E-state index in [1.165, 1.54) is 22.6 Å². The normalized spacial score (nSPS) is 22.4. The zero-order chi connectivity index (χ0) is 24.6. The second kappa shape index (κ2) is 9.34. The van der Waals surface area contributed by atoms with Crippen LogP contribution < -0.4 is 5.32 Å². The van der Waals surface area contributed by atoms with Crippen molar-refractivity contribution in [3.05, 3.63) is 70.8 Å². The Morgan fingerprint density at radius 2 is 1.65 bits per heavy atom. The van der Waals surface area contributed by atoms with E-state index in [2.05, 4.69) is 17.4 Å². The van der Waals surface area contributed by atoms with Gasteiger partial charge in [-0.25, -0.2) is 0 Å². The molecule has 2 saturated heterocycles. The smallest absolute Gasteiger partial charge is 0.356 e. The Hall–Kier alpha value is -2.38. The van der Waals surface area contributed by atoms with Crippen LogP contribution in [0.2, 0.25) is 0 Å². The molecule has 7 heteroatoms. The Morgan fingerprint density at radius 3 is 2.21 bits per heavy atom. The van der Waals surface area contributed by atoms with Gasteiger partial charge in [0.05, 0.1) is 0 Å². The summed E-state index contributed by atoms with van der Waals surface area (Å²) in [6.07, 6.45) is -2.61. The molecule has 1 N–H and O–H groups in total. The summed E-state index contributed by atoms with van der Waals surface area (Å²) in [4.78, 5) is 15.0. The third kappa shape index (κ3) is 4.24. The summed E-state index contributed by atoms with van der Waals surface area (Å²) in [5, 5.41) is 3.47. The lowest BCUT2D eigenvalue weighted by atomic mass is 9.62. The van der Waals surface area contributed by atoms with Crippen molar-refractivity contribution < 1.29 is 22.7 Å². The van der Waals surface area contributed by atoms with E-state index >= 15 is 0 Å². The van der Waals surface area contributed by atoms with Crippen LogP contribution in [0, 0.1) is 19.3 Å². The number of rotatable bonds is 4. The highest BCUT2D eigenvalue weighted by Crippen LogP contribution is 2.50. The van der Waals surface area contributed by atoms with Crippen LogP contribution in [0.5, 0.6) is 0 Å². The van der Waals surface area contributed by atoms with E-state index < -0.39 is 17.7 Å². The predicted molar refractivity (Wildman–Crippen MR) is 126 cm³/mol. The van der Waals surface area contributed by atoms with Crippen molar-refractivity contribution in [3.63, 3.8) is 0 Å². The molecular formula is C27H33F3N2O2. The Balaban J connectivity index is 1.63. The van der Waals surface area contributed by atoms with Gasteiger partial charge in [0, 0.05) is 38.2 Å². The van der Waals surface area contributed by atoms with E-state index in [1.54, 1.807) is 19.9 Å². The predicted octanol–water partition coefficient (Wildman–Crippen LogP) is 5.09. The fourth-order valence-corrected chi connectivity index (χ4v) is 6.01. The van der Waals surface area contributed by atoms with Gasteiger partial charge in [0.25, 0.3) is 11.5 Å². The molecule has 0 aromatic heterocycles. The number of alkyl halides is 3. The van der Waals surface area contributed by atoms with E-state index in [9.17, 15) is 18.0 Å². The molecule has 2 aliphatic heterocycles. The fourth-order valence-electron chi connectivity index (χ4n) is 6.01. The minimum absolute atomic E-state index is 0.0305. The lowest BCUT2D eigenvalue weighted by Gasteiger charge is -2.50. The van der Waals surface area contributed by atoms with Crippen LogP contribution in [0.3, 0.4) is 0 Å². The largest absolute Gasteiger partial charge is 0.430 e. The number of benzene rings is 2. The second-order valence-electron chi connectivity index (χ2n) is 9.83. The molecule has 4 rings (SSSR count). The number of hydrogen-bond donors (Lipinski definition) is 1. The summed E-state index contributed by atoms with van der Waals surface area (Å²) < 4.78 is 48.9. The molecule has 2 aromatic rings. The lowest BCUT2D eigenvalue weighted by Crippen LogP contribution is -2.59. The number of carbonyl (C=O) groups excluding carboxylic acids is 1. The number of nitrogens with zero attached hydrogens (tertiary/aromatic N) is 1. The van der Waals surface area contributed by atoms with Gasteiger partial charge in [0.15, 0.2) is 0 Å². The molecule has 2 aliphatic rings. The Kier molecular flexibility index (Phi) is 6.80. The molecule has 2 atom stereocenters. The Morgan fingerprint density at radius 1 is 1.03 bits per heavy atom. The van der Waals surface area contributed by atoms with Crippen LogP contribution in [-0.4, -0.2) is 50.3 Å². The van der Waals surface area contributed by atoms with Gasteiger partial charge in [-0.1, -0.05) is 59.7 Å². The molecule has 0 aliphatic carbocycles. The maximum Gasteiger partial charge on any atom is 0.430 e. The molecule has 1 unspecified atom stereocenters. The first kappa shape index (κ1) is 24.7. The lowest BCUT2D eigenvalue weighted by molar-refractivity contribution is -0.271. The molecule has 1 spiro atoms. The monoisotopic (exact) mass is 474 g/mol. The molecule has 184 valence electrons. The highest BCUT2D eigenvalue weighted by molar-refractivity contribution is 5.88. The molecule has 1 amide bonds. The van der Waals surface area contributed by atoms with Gasteiger partial charge in [-0.2, -0.15) is 13.2 Å². The van der Waals surface area contributed by atoms with E-state index in [1.807, 2.05) is 18.2 Å². The van der Waals surface area contributed by atoms with Crippen molar-refractivity contribution >= 4 is 5.91 Å². The zero-order valence-electron chi connectivity index (χ0n) is 20.0. The van der Waals surface area contributed by atoms with Crippen molar-refractivity contribution in [3.8, 4) is 0 Å². The zero-order valence-corrected chi connectivity index (χ0v) is 20.0. The van der Waals surface area contributed by atoms with E-state index in [0.29, 0.717) is 24.0 Å². The van der Waals surface area contributed by atoms with Crippen LogP contribution in [-0.2, 0) is 15.1 Å². The van der Waals surface area contributed by atoms with Gasteiger partial charge in [0.1, 0.15) is 0 Å².